The predicted octanol–water partition coefficient (Wildman–Crippen LogP) is 2.92. The van der Waals surface area contributed by atoms with Crippen LogP contribution < -0.4 is 10.2 Å². The van der Waals surface area contributed by atoms with E-state index in [2.05, 4.69) is 52.5 Å². The summed E-state index contributed by atoms with van der Waals surface area (Å²) in [7, 11) is 0. The smallest absolute Gasteiger partial charge is 0.0626 e. The number of hydrogen-bond donors (Lipinski definition) is 1. The summed E-state index contributed by atoms with van der Waals surface area (Å²) < 4.78 is 0. The molecule has 20 heavy (non-hydrogen) atoms. The highest BCUT2D eigenvalue weighted by Crippen LogP contribution is 2.23. The van der Waals surface area contributed by atoms with E-state index in [0.717, 1.165) is 26.2 Å². The molecule has 0 amide bonds. The topological polar surface area (TPSA) is 28.2 Å². The third-order valence-electron chi connectivity index (χ3n) is 3.66. The van der Waals surface area contributed by atoms with Gasteiger partial charge in [0.25, 0.3) is 0 Å². The Bertz CT molecular complexity index is 571. The molecule has 0 spiro atoms. The van der Waals surface area contributed by atoms with Gasteiger partial charge < -0.3 is 10.2 Å². The van der Waals surface area contributed by atoms with Gasteiger partial charge in [0.2, 0.25) is 0 Å². The number of fused-ring (bicyclic) bond motifs is 1. The lowest BCUT2D eigenvalue weighted by Crippen LogP contribution is -2.28. The molecule has 0 saturated heterocycles. The first-order valence-corrected chi connectivity index (χ1v) is 6.78. The minimum absolute atomic E-state index is 0. The lowest BCUT2D eigenvalue weighted by molar-refractivity contribution is 0.684. The molecule has 1 aliphatic rings. The van der Waals surface area contributed by atoms with Gasteiger partial charge in [-0.25, -0.2) is 0 Å². The largest absolute Gasteiger partial charge is 0.364 e. The lowest BCUT2D eigenvalue weighted by atomic mass is 10.1. The van der Waals surface area contributed by atoms with Crippen LogP contribution >= 0.6 is 12.4 Å². The number of hydrogen-bond acceptors (Lipinski definition) is 3. The highest BCUT2D eigenvalue weighted by molar-refractivity contribution is 5.85. The van der Waals surface area contributed by atoms with Crippen molar-refractivity contribution in [2.45, 2.75) is 20.0 Å². The first-order chi connectivity index (χ1) is 9.34. The maximum Gasteiger partial charge on any atom is 0.0626 e. The lowest BCUT2D eigenvalue weighted by Gasteiger charge is -2.24. The number of pyridine rings is 1. The van der Waals surface area contributed by atoms with Crippen molar-refractivity contribution in [3.8, 4) is 0 Å². The van der Waals surface area contributed by atoms with Crippen LogP contribution in [0.4, 0.5) is 5.69 Å². The van der Waals surface area contributed by atoms with E-state index in [1.165, 1.54) is 22.5 Å². The van der Waals surface area contributed by atoms with Gasteiger partial charge in [-0.1, -0.05) is 24.3 Å². The normalized spacial score (nSPS) is 14.2. The molecule has 1 N–H and O–H groups in total. The van der Waals surface area contributed by atoms with Crippen LogP contribution in [0.15, 0.2) is 42.6 Å². The van der Waals surface area contributed by atoms with Crippen molar-refractivity contribution in [3.05, 3.63) is 59.4 Å². The number of halogens is 1. The quantitative estimate of drug-likeness (QED) is 0.921. The van der Waals surface area contributed by atoms with Crippen molar-refractivity contribution in [2.75, 3.05) is 18.0 Å². The molecule has 3 rings (SSSR count). The second-order valence-corrected chi connectivity index (χ2v) is 4.99. The van der Waals surface area contributed by atoms with Crippen molar-refractivity contribution < 1.29 is 0 Å². The molecule has 0 saturated carbocycles. The molecular weight excluding hydrogens is 270 g/mol. The van der Waals surface area contributed by atoms with Gasteiger partial charge >= 0.3 is 0 Å². The van der Waals surface area contributed by atoms with Crippen LogP contribution in [-0.4, -0.2) is 18.1 Å². The molecule has 2 heterocycles. The first-order valence-electron chi connectivity index (χ1n) is 6.78. The van der Waals surface area contributed by atoms with E-state index in [-0.39, 0.29) is 12.4 Å². The minimum Gasteiger partial charge on any atom is -0.364 e. The molecule has 1 aliphatic heterocycles. The van der Waals surface area contributed by atoms with Crippen molar-refractivity contribution in [2.24, 2.45) is 0 Å². The Balaban J connectivity index is 0.00000147. The fourth-order valence-corrected chi connectivity index (χ4v) is 2.56. The fourth-order valence-electron chi connectivity index (χ4n) is 2.56. The average molecular weight is 290 g/mol. The minimum atomic E-state index is 0. The summed E-state index contributed by atoms with van der Waals surface area (Å²) in [4.78, 5) is 6.94. The predicted molar refractivity (Wildman–Crippen MR) is 85.4 cm³/mol. The van der Waals surface area contributed by atoms with Crippen molar-refractivity contribution >= 4 is 18.1 Å². The summed E-state index contributed by atoms with van der Waals surface area (Å²) in [6.45, 7) is 6.00. The molecule has 0 bridgehead atoms. The van der Waals surface area contributed by atoms with Gasteiger partial charge in [0.1, 0.15) is 0 Å². The SMILES string of the molecule is Cc1cccnc1CN1CCNCc2ccccc21.Cl. The molecular formula is C16H20ClN3. The van der Waals surface area contributed by atoms with E-state index >= 15 is 0 Å². The zero-order valence-corrected chi connectivity index (χ0v) is 12.5. The molecule has 0 fully saturated rings. The van der Waals surface area contributed by atoms with Crippen molar-refractivity contribution in [3.63, 3.8) is 0 Å². The monoisotopic (exact) mass is 289 g/mol. The molecule has 0 aliphatic carbocycles. The van der Waals surface area contributed by atoms with Gasteiger partial charge in [-0.05, 0) is 30.2 Å². The number of rotatable bonds is 2. The van der Waals surface area contributed by atoms with Gasteiger partial charge in [-0.15, -0.1) is 12.4 Å². The molecule has 0 radical (unpaired) electrons. The summed E-state index contributed by atoms with van der Waals surface area (Å²) in [5.74, 6) is 0. The zero-order valence-electron chi connectivity index (χ0n) is 11.7. The Hall–Kier alpha value is -1.58. The summed E-state index contributed by atoms with van der Waals surface area (Å²) in [5, 5.41) is 3.47. The molecule has 2 aromatic rings. The number of aryl methyl sites for hydroxylation is 1. The van der Waals surface area contributed by atoms with E-state index in [1.54, 1.807) is 0 Å². The molecule has 1 aromatic carbocycles. The Kier molecular flexibility index (Phi) is 4.99. The Morgan fingerprint density at radius 2 is 2.05 bits per heavy atom. The Labute approximate surface area is 126 Å². The van der Waals surface area contributed by atoms with Crippen molar-refractivity contribution in [1.29, 1.82) is 0 Å². The van der Waals surface area contributed by atoms with Crippen LogP contribution in [0.1, 0.15) is 16.8 Å². The third kappa shape index (κ3) is 3.11. The Morgan fingerprint density at radius 1 is 1.20 bits per heavy atom. The van der Waals surface area contributed by atoms with Gasteiger partial charge in [-0.2, -0.15) is 0 Å². The first kappa shape index (κ1) is 14.8. The summed E-state index contributed by atoms with van der Waals surface area (Å²) in [6.07, 6.45) is 1.88. The molecule has 0 atom stereocenters. The van der Waals surface area contributed by atoms with Crippen molar-refractivity contribution in [1.82, 2.24) is 10.3 Å². The molecule has 1 aromatic heterocycles. The number of para-hydroxylation sites is 1. The number of anilines is 1. The van der Waals surface area contributed by atoms with E-state index in [0.29, 0.717) is 0 Å². The summed E-state index contributed by atoms with van der Waals surface area (Å²) >= 11 is 0. The van der Waals surface area contributed by atoms with E-state index in [1.807, 2.05) is 12.3 Å². The van der Waals surface area contributed by atoms with E-state index < -0.39 is 0 Å². The van der Waals surface area contributed by atoms with Gasteiger partial charge in [0, 0.05) is 31.5 Å². The summed E-state index contributed by atoms with van der Waals surface area (Å²) in [5.41, 5.74) is 5.13. The Morgan fingerprint density at radius 3 is 2.90 bits per heavy atom. The van der Waals surface area contributed by atoms with Crippen LogP contribution in [0, 0.1) is 6.92 Å². The van der Waals surface area contributed by atoms with Crippen LogP contribution in [0.5, 0.6) is 0 Å². The van der Waals surface area contributed by atoms with Crippen LogP contribution in [-0.2, 0) is 13.1 Å². The number of aromatic nitrogens is 1. The molecule has 0 unspecified atom stereocenters. The van der Waals surface area contributed by atoms with Crippen LogP contribution in [0.2, 0.25) is 0 Å². The highest BCUT2D eigenvalue weighted by Gasteiger charge is 2.15. The fraction of sp³-hybridized carbons (Fsp3) is 0.312. The molecule has 3 nitrogen and oxygen atoms in total. The van der Waals surface area contributed by atoms with Crippen LogP contribution in [0.25, 0.3) is 0 Å². The second kappa shape index (κ2) is 6.73. The van der Waals surface area contributed by atoms with E-state index in [9.17, 15) is 0 Å². The second-order valence-electron chi connectivity index (χ2n) is 4.99. The maximum absolute atomic E-state index is 4.51. The van der Waals surface area contributed by atoms with E-state index in [4.69, 9.17) is 0 Å². The zero-order chi connectivity index (χ0) is 13.1. The standard InChI is InChI=1S/C16H19N3.ClH/c1-13-5-4-8-18-15(13)12-19-10-9-17-11-14-6-2-3-7-16(14)19;/h2-8,17H,9-12H2,1H3;1H. The molecule has 4 heteroatoms. The average Bonchev–Trinajstić information content (AvgIpc) is 2.64. The number of benzene rings is 1. The molecule has 106 valence electrons. The highest BCUT2D eigenvalue weighted by atomic mass is 35.5. The third-order valence-corrected chi connectivity index (χ3v) is 3.66. The number of nitrogens with zero attached hydrogens (tertiary/aromatic N) is 2. The maximum atomic E-state index is 4.51. The van der Waals surface area contributed by atoms with Gasteiger partial charge in [0.05, 0.1) is 12.2 Å². The van der Waals surface area contributed by atoms with Crippen LogP contribution in [0.3, 0.4) is 0 Å². The summed E-state index contributed by atoms with van der Waals surface area (Å²) in [6, 6.07) is 12.8. The van der Waals surface area contributed by atoms with Gasteiger partial charge in [0.15, 0.2) is 0 Å². The van der Waals surface area contributed by atoms with Gasteiger partial charge in [-0.3, -0.25) is 4.98 Å². The number of nitrogens with one attached hydrogen (secondary N) is 1.